The lowest BCUT2D eigenvalue weighted by Gasteiger charge is -2.16. The number of benzene rings is 2. The zero-order valence-corrected chi connectivity index (χ0v) is 12.9. The van der Waals surface area contributed by atoms with E-state index >= 15 is 0 Å². The Morgan fingerprint density at radius 2 is 1.86 bits per heavy atom. The Morgan fingerprint density at radius 1 is 1.19 bits per heavy atom. The van der Waals surface area contributed by atoms with Crippen LogP contribution in [0.4, 0.5) is 0 Å². The molecule has 0 aromatic heterocycles. The quantitative estimate of drug-likeness (QED) is 0.849. The summed E-state index contributed by atoms with van der Waals surface area (Å²) >= 11 is 6.19. The van der Waals surface area contributed by atoms with Gasteiger partial charge in [0.25, 0.3) is 0 Å². The summed E-state index contributed by atoms with van der Waals surface area (Å²) in [5.74, 6) is -0.321. The van der Waals surface area contributed by atoms with Gasteiger partial charge in [-0.3, -0.25) is 0 Å². The maximum atomic E-state index is 11.7. The molecule has 0 saturated heterocycles. The van der Waals surface area contributed by atoms with Crippen molar-refractivity contribution >= 4 is 17.6 Å². The van der Waals surface area contributed by atoms with E-state index in [0.29, 0.717) is 12.1 Å². The van der Waals surface area contributed by atoms with Crippen LogP contribution in [-0.4, -0.2) is 13.1 Å². The summed E-state index contributed by atoms with van der Waals surface area (Å²) in [6.45, 7) is 2.61. The number of carbonyl (C=O) groups excluding carboxylic acids is 1. The summed E-state index contributed by atoms with van der Waals surface area (Å²) in [5, 5.41) is 4.12. The Balaban J connectivity index is 2.10. The minimum atomic E-state index is -0.321. The van der Waals surface area contributed by atoms with E-state index in [4.69, 9.17) is 16.3 Å². The van der Waals surface area contributed by atoms with Crippen molar-refractivity contribution in [3.63, 3.8) is 0 Å². The fraction of sp³-hybridized carbons (Fsp3) is 0.235. The third-order valence-corrected chi connectivity index (χ3v) is 3.74. The normalized spacial score (nSPS) is 12.0. The predicted octanol–water partition coefficient (Wildman–Crippen LogP) is 3.98. The van der Waals surface area contributed by atoms with Gasteiger partial charge in [-0.2, -0.15) is 0 Å². The number of carbonyl (C=O) groups is 1. The molecule has 110 valence electrons. The van der Waals surface area contributed by atoms with E-state index in [1.807, 2.05) is 49.4 Å². The van der Waals surface area contributed by atoms with Crippen LogP contribution in [0.25, 0.3) is 0 Å². The van der Waals surface area contributed by atoms with Crippen LogP contribution in [0.2, 0.25) is 5.02 Å². The molecule has 0 spiro atoms. The SMILES string of the molecule is COC(=O)c1ccccc1CN[C@@H](C)c1ccccc1Cl. The fourth-order valence-corrected chi connectivity index (χ4v) is 2.48. The Hall–Kier alpha value is -1.84. The van der Waals surface area contributed by atoms with E-state index in [1.54, 1.807) is 6.07 Å². The van der Waals surface area contributed by atoms with Crippen molar-refractivity contribution in [1.82, 2.24) is 5.32 Å². The van der Waals surface area contributed by atoms with Crippen LogP contribution in [0.3, 0.4) is 0 Å². The number of rotatable bonds is 5. The lowest BCUT2D eigenvalue weighted by molar-refractivity contribution is 0.0599. The second kappa shape index (κ2) is 7.25. The van der Waals surface area contributed by atoms with Gasteiger partial charge in [0.1, 0.15) is 0 Å². The number of halogens is 1. The molecule has 0 unspecified atom stereocenters. The summed E-state index contributed by atoms with van der Waals surface area (Å²) < 4.78 is 4.80. The first-order valence-electron chi connectivity index (χ1n) is 6.77. The van der Waals surface area contributed by atoms with Crippen molar-refractivity contribution in [1.29, 1.82) is 0 Å². The van der Waals surface area contributed by atoms with Gasteiger partial charge in [0.15, 0.2) is 0 Å². The summed E-state index contributed by atoms with van der Waals surface area (Å²) in [6, 6.07) is 15.2. The topological polar surface area (TPSA) is 38.3 Å². The molecule has 0 heterocycles. The zero-order valence-electron chi connectivity index (χ0n) is 12.1. The molecule has 3 nitrogen and oxygen atoms in total. The van der Waals surface area contributed by atoms with E-state index in [-0.39, 0.29) is 12.0 Å². The number of hydrogen-bond donors (Lipinski definition) is 1. The van der Waals surface area contributed by atoms with Gasteiger partial charge in [0.2, 0.25) is 0 Å². The molecule has 0 aliphatic carbocycles. The first-order chi connectivity index (χ1) is 10.1. The van der Waals surface area contributed by atoms with Gasteiger partial charge in [-0.05, 0) is 30.2 Å². The van der Waals surface area contributed by atoms with Gasteiger partial charge in [-0.1, -0.05) is 48.0 Å². The van der Waals surface area contributed by atoms with Crippen LogP contribution in [0.5, 0.6) is 0 Å². The third kappa shape index (κ3) is 3.84. The Bertz CT molecular complexity index is 628. The molecule has 4 heteroatoms. The molecule has 0 aliphatic heterocycles. The molecule has 0 amide bonds. The lowest BCUT2D eigenvalue weighted by Crippen LogP contribution is -2.20. The molecule has 2 aromatic carbocycles. The minimum absolute atomic E-state index is 0.0874. The lowest BCUT2D eigenvalue weighted by atomic mass is 10.1. The van der Waals surface area contributed by atoms with Gasteiger partial charge in [-0.25, -0.2) is 4.79 Å². The van der Waals surface area contributed by atoms with Crippen LogP contribution < -0.4 is 5.32 Å². The third-order valence-electron chi connectivity index (χ3n) is 3.39. The number of nitrogens with one attached hydrogen (secondary N) is 1. The fourth-order valence-electron chi connectivity index (χ4n) is 2.18. The maximum absolute atomic E-state index is 11.7. The van der Waals surface area contributed by atoms with E-state index in [1.165, 1.54) is 7.11 Å². The van der Waals surface area contributed by atoms with Crippen LogP contribution in [0.1, 0.15) is 34.5 Å². The summed E-state index contributed by atoms with van der Waals surface area (Å²) in [4.78, 5) is 11.7. The van der Waals surface area contributed by atoms with Crippen LogP contribution in [0, 0.1) is 0 Å². The van der Waals surface area contributed by atoms with Crippen molar-refractivity contribution in [2.75, 3.05) is 7.11 Å². The van der Waals surface area contributed by atoms with Crippen molar-refractivity contribution < 1.29 is 9.53 Å². The first-order valence-corrected chi connectivity index (χ1v) is 7.15. The Kier molecular flexibility index (Phi) is 5.37. The van der Waals surface area contributed by atoms with E-state index in [9.17, 15) is 4.79 Å². The predicted molar refractivity (Wildman–Crippen MR) is 84.5 cm³/mol. The van der Waals surface area contributed by atoms with Gasteiger partial charge >= 0.3 is 5.97 Å². The summed E-state index contributed by atoms with van der Waals surface area (Å²) in [5.41, 5.74) is 2.52. The first kappa shape index (κ1) is 15.5. The second-order valence-electron chi connectivity index (χ2n) is 4.77. The highest BCUT2D eigenvalue weighted by Crippen LogP contribution is 2.22. The van der Waals surface area contributed by atoms with Gasteiger partial charge < -0.3 is 10.1 Å². The van der Waals surface area contributed by atoms with E-state index in [0.717, 1.165) is 16.1 Å². The van der Waals surface area contributed by atoms with Crippen LogP contribution >= 0.6 is 11.6 Å². The molecule has 0 radical (unpaired) electrons. The van der Waals surface area contributed by atoms with Gasteiger partial charge in [0.05, 0.1) is 12.7 Å². The summed E-state index contributed by atoms with van der Waals surface area (Å²) in [6.07, 6.45) is 0. The van der Waals surface area contributed by atoms with Crippen molar-refractivity contribution in [3.05, 3.63) is 70.2 Å². The van der Waals surface area contributed by atoms with Crippen molar-refractivity contribution in [2.24, 2.45) is 0 Å². The molecule has 21 heavy (non-hydrogen) atoms. The molecule has 2 aromatic rings. The van der Waals surface area contributed by atoms with Gasteiger partial charge in [0, 0.05) is 17.6 Å². The standard InChI is InChI=1S/C17H18ClNO2/c1-12(14-8-5-6-10-16(14)18)19-11-13-7-3-4-9-15(13)17(20)21-2/h3-10,12,19H,11H2,1-2H3/t12-/m0/s1. The second-order valence-corrected chi connectivity index (χ2v) is 5.18. The number of ether oxygens (including phenoxy) is 1. The Labute approximate surface area is 129 Å². The monoisotopic (exact) mass is 303 g/mol. The molecule has 1 N–H and O–H groups in total. The highest BCUT2D eigenvalue weighted by atomic mass is 35.5. The average Bonchev–Trinajstić information content (AvgIpc) is 2.52. The molecule has 1 atom stereocenters. The molecule has 0 aliphatic rings. The van der Waals surface area contributed by atoms with Crippen LogP contribution in [-0.2, 0) is 11.3 Å². The van der Waals surface area contributed by atoms with E-state index < -0.39 is 0 Å². The minimum Gasteiger partial charge on any atom is -0.465 e. The largest absolute Gasteiger partial charge is 0.465 e. The van der Waals surface area contributed by atoms with E-state index in [2.05, 4.69) is 5.32 Å². The van der Waals surface area contributed by atoms with Gasteiger partial charge in [-0.15, -0.1) is 0 Å². The number of esters is 1. The van der Waals surface area contributed by atoms with Crippen molar-refractivity contribution in [3.8, 4) is 0 Å². The summed E-state index contributed by atoms with van der Waals surface area (Å²) in [7, 11) is 1.39. The highest BCUT2D eigenvalue weighted by Gasteiger charge is 2.13. The molecule has 0 fully saturated rings. The molecule has 0 saturated carbocycles. The molecular formula is C17H18ClNO2. The Morgan fingerprint density at radius 3 is 2.57 bits per heavy atom. The molecule has 0 bridgehead atoms. The molecular weight excluding hydrogens is 286 g/mol. The molecule has 2 rings (SSSR count). The number of hydrogen-bond acceptors (Lipinski definition) is 3. The smallest absolute Gasteiger partial charge is 0.338 e. The van der Waals surface area contributed by atoms with Crippen LogP contribution in [0.15, 0.2) is 48.5 Å². The average molecular weight is 304 g/mol. The van der Waals surface area contributed by atoms with Crippen molar-refractivity contribution in [2.45, 2.75) is 19.5 Å². The zero-order chi connectivity index (χ0) is 15.2. The maximum Gasteiger partial charge on any atom is 0.338 e. The highest BCUT2D eigenvalue weighted by molar-refractivity contribution is 6.31. The number of methoxy groups -OCH3 is 1.